The lowest BCUT2D eigenvalue weighted by molar-refractivity contribution is -0.114. The number of primary amides is 1. The summed E-state index contributed by atoms with van der Waals surface area (Å²) in [6, 6.07) is 0.337. The third-order valence-electron chi connectivity index (χ3n) is 3.01. The highest BCUT2D eigenvalue weighted by atomic mass is 35.5. The van der Waals surface area contributed by atoms with E-state index in [1.807, 2.05) is 0 Å². The van der Waals surface area contributed by atoms with Crippen molar-refractivity contribution in [1.82, 2.24) is 10.6 Å². The first-order valence-electron chi connectivity index (χ1n) is 6.15. The van der Waals surface area contributed by atoms with E-state index >= 15 is 0 Å². The topological polar surface area (TPSA) is 93.2 Å². The van der Waals surface area contributed by atoms with Gasteiger partial charge in [-0.15, -0.1) is 0 Å². The van der Waals surface area contributed by atoms with Crippen LogP contribution in [0.4, 0.5) is 0 Å². The number of halogens is 1. The summed E-state index contributed by atoms with van der Waals surface area (Å²) in [4.78, 5) is 11.3. The van der Waals surface area contributed by atoms with Gasteiger partial charge in [0, 0.05) is 13.1 Å². The Morgan fingerprint density at radius 3 is 2.33 bits per heavy atom. The Bertz CT molecular complexity index is 355. The van der Waals surface area contributed by atoms with Crippen molar-refractivity contribution >= 4 is 17.5 Å². The monoisotopic (exact) mass is 272 g/mol. The number of hydrogen-bond acceptors (Lipinski definition) is 4. The van der Waals surface area contributed by atoms with E-state index < -0.39 is 5.91 Å². The molecule has 0 saturated heterocycles. The van der Waals surface area contributed by atoms with Crippen molar-refractivity contribution < 1.29 is 4.79 Å². The fourth-order valence-electron chi connectivity index (χ4n) is 2.18. The molecule has 1 aliphatic carbocycles. The Morgan fingerprint density at radius 1 is 1.28 bits per heavy atom. The average Bonchev–Trinajstić information content (AvgIpc) is 2.29. The highest BCUT2D eigenvalue weighted by Crippen LogP contribution is 2.19. The molecule has 0 aromatic rings. The zero-order valence-electron chi connectivity index (χ0n) is 10.6. The average molecular weight is 273 g/mol. The van der Waals surface area contributed by atoms with Gasteiger partial charge in [0.15, 0.2) is 0 Å². The zero-order valence-corrected chi connectivity index (χ0v) is 11.4. The van der Waals surface area contributed by atoms with Crippen LogP contribution in [0.25, 0.3) is 0 Å². The van der Waals surface area contributed by atoms with E-state index in [1.165, 1.54) is 25.3 Å². The van der Waals surface area contributed by atoms with Crippen LogP contribution in [0, 0.1) is 0 Å². The fourth-order valence-corrected chi connectivity index (χ4v) is 2.29. The first-order chi connectivity index (χ1) is 8.54. The molecular formula is C12H21ClN4O. The number of carbonyl (C=O) groups is 1. The van der Waals surface area contributed by atoms with Crippen molar-refractivity contribution in [2.75, 3.05) is 7.05 Å². The summed E-state index contributed by atoms with van der Waals surface area (Å²) in [6.07, 6.45) is 7.32. The predicted octanol–water partition coefficient (Wildman–Crippen LogP) is 0.864. The minimum absolute atomic E-state index is 0.113. The predicted molar refractivity (Wildman–Crippen MR) is 73.4 cm³/mol. The number of nitrogens with one attached hydrogen (secondary N) is 2. The van der Waals surface area contributed by atoms with Crippen LogP contribution in [0.1, 0.15) is 32.1 Å². The number of hydrogen-bond donors (Lipinski definition) is 4. The second-order valence-corrected chi connectivity index (χ2v) is 4.85. The highest BCUT2D eigenvalue weighted by Gasteiger charge is 2.17. The molecule has 0 aromatic carbocycles. The largest absolute Gasteiger partial charge is 0.389 e. The van der Waals surface area contributed by atoms with Crippen molar-refractivity contribution in [3.8, 4) is 0 Å². The highest BCUT2D eigenvalue weighted by molar-refractivity contribution is 6.29. The van der Waals surface area contributed by atoms with E-state index in [4.69, 9.17) is 23.1 Å². The Hall–Kier alpha value is -1.36. The SMILES string of the molecule is CNC(C(N)=O)=C(C=C(N)Cl)NC1CCCCC1. The molecule has 102 valence electrons. The maximum Gasteiger partial charge on any atom is 0.266 e. The molecule has 0 unspecified atom stereocenters. The van der Waals surface area contributed by atoms with Gasteiger partial charge >= 0.3 is 0 Å². The first-order valence-corrected chi connectivity index (χ1v) is 6.53. The summed E-state index contributed by atoms with van der Waals surface area (Å²) < 4.78 is 0. The molecule has 0 heterocycles. The molecule has 6 heteroatoms. The van der Waals surface area contributed by atoms with Crippen molar-refractivity contribution in [3.63, 3.8) is 0 Å². The van der Waals surface area contributed by atoms with Gasteiger partial charge in [-0.1, -0.05) is 30.9 Å². The normalized spacial score (nSPS) is 19.1. The molecule has 0 aliphatic heterocycles. The Balaban J connectivity index is 2.90. The molecule has 0 aromatic heterocycles. The van der Waals surface area contributed by atoms with Crippen LogP contribution in [0.5, 0.6) is 0 Å². The van der Waals surface area contributed by atoms with Gasteiger partial charge < -0.3 is 22.1 Å². The second-order valence-electron chi connectivity index (χ2n) is 4.41. The molecule has 0 bridgehead atoms. The van der Waals surface area contributed by atoms with E-state index in [2.05, 4.69) is 10.6 Å². The molecule has 0 radical (unpaired) electrons. The maximum absolute atomic E-state index is 11.3. The van der Waals surface area contributed by atoms with Gasteiger partial charge in [-0.3, -0.25) is 4.79 Å². The molecule has 1 fully saturated rings. The second kappa shape index (κ2) is 7.16. The lowest BCUT2D eigenvalue weighted by Gasteiger charge is -2.25. The fraction of sp³-hybridized carbons (Fsp3) is 0.583. The standard InChI is InChI=1S/C12H21ClN4O/c1-16-11(12(15)18)9(7-10(13)14)17-8-5-3-2-4-6-8/h7-8,16-17H,2-6,14H2,1H3,(H2,15,18). The lowest BCUT2D eigenvalue weighted by atomic mass is 9.95. The van der Waals surface area contributed by atoms with E-state index in [-0.39, 0.29) is 5.16 Å². The number of carbonyl (C=O) groups excluding carboxylic acids is 1. The van der Waals surface area contributed by atoms with Gasteiger partial charge in [-0.05, 0) is 18.9 Å². The summed E-state index contributed by atoms with van der Waals surface area (Å²) in [5, 5.41) is 6.19. The number of amides is 1. The number of allylic oxidation sites excluding steroid dienone is 1. The number of likely N-dealkylation sites (N-methyl/N-ethyl adjacent to an activating group) is 1. The van der Waals surface area contributed by atoms with Crippen LogP contribution in [0.3, 0.4) is 0 Å². The van der Waals surface area contributed by atoms with Crippen LogP contribution in [0.2, 0.25) is 0 Å². The van der Waals surface area contributed by atoms with Crippen molar-refractivity contribution in [2.24, 2.45) is 11.5 Å². The Kier molecular flexibility index (Phi) is 5.85. The molecule has 0 spiro atoms. The molecule has 6 N–H and O–H groups in total. The molecule has 5 nitrogen and oxygen atoms in total. The summed E-state index contributed by atoms with van der Waals surface area (Å²) in [7, 11) is 1.64. The van der Waals surface area contributed by atoms with Crippen LogP contribution in [-0.2, 0) is 4.79 Å². The van der Waals surface area contributed by atoms with Crippen molar-refractivity contribution in [3.05, 3.63) is 22.6 Å². The van der Waals surface area contributed by atoms with E-state index in [1.54, 1.807) is 7.05 Å². The summed E-state index contributed by atoms with van der Waals surface area (Å²) in [6.45, 7) is 0. The zero-order chi connectivity index (χ0) is 13.5. The molecule has 18 heavy (non-hydrogen) atoms. The van der Waals surface area contributed by atoms with Crippen LogP contribution in [0.15, 0.2) is 22.6 Å². The van der Waals surface area contributed by atoms with Gasteiger partial charge in [0.05, 0.1) is 5.70 Å². The van der Waals surface area contributed by atoms with Crippen LogP contribution in [-0.4, -0.2) is 19.0 Å². The van der Waals surface area contributed by atoms with E-state index in [0.29, 0.717) is 17.4 Å². The van der Waals surface area contributed by atoms with E-state index in [9.17, 15) is 4.79 Å². The third kappa shape index (κ3) is 4.49. The smallest absolute Gasteiger partial charge is 0.266 e. The summed E-state index contributed by atoms with van der Waals surface area (Å²) >= 11 is 5.68. The molecule has 1 aliphatic rings. The minimum atomic E-state index is -0.537. The number of nitrogens with two attached hydrogens (primary N) is 2. The van der Waals surface area contributed by atoms with Gasteiger partial charge in [0.2, 0.25) is 0 Å². The Morgan fingerprint density at radius 2 is 1.89 bits per heavy atom. The maximum atomic E-state index is 11.3. The van der Waals surface area contributed by atoms with Crippen LogP contribution >= 0.6 is 11.6 Å². The third-order valence-corrected chi connectivity index (χ3v) is 3.12. The molecule has 1 rings (SSSR count). The Labute approximate surface area is 113 Å². The molecule has 1 amide bonds. The van der Waals surface area contributed by atoms with E-state index in [0.717, 1.165) is 12.8 Å². The van der Waals surface area contributed by atoms with Crippen molar-refractivity contribution in [2.45, 2.75) is 38.1 Å². The molecule has 0 atom stereocenters. The van der Waals surface area contributed by atoms with Gasteiger partial charge in [-0.2, -0.15) is 0 Å². The number of rotatable bonds is 5. The van der Waals surface area contributed by atoms with Crippen molar-refractivity contribution in [1.29, 1.82) is 0 Å². The van der Waals surface area contributed by atoms with Crippen LogP contribution < -0.4 is 22.1 Å². The first kappa shape index (κ1) is 14.7. The summed E-state index contributed by atoms with van der Waals surface area (Å²) in [5.41, 5.74) is 11.6. The molecular weight excluding hydrogens is 252 g/mol. The molecule has 1 saturated carbocycles. The van der Waals surface area contributed by atoms with Gasteiger partial charge in [0.25, 0.3) is 5.91 Å². The quantitative estimate of drug-likeness (QED) is 0.339. The summed E-state index contributed by atoms with van der Waals surface area (Å²) in [5.74, 6) is -0.537. The van der Waals surface area contributed by atoms with Gasteiger partial charge in [0.1, 0.15) is 10.9 Å². The minimum Gasteiger partial charge on any atom is -0.389 e. The van der Waals surface area contributed by atoms with Gasteiger partial charge in [-0.25, -0.2) is 0 Å². The lowest BCUT2D eigenvalue weighted by Crippen LogP contribution is -2.35.